The van der Waals surface area contributed by atoms with Gasteiger partial charge in [-0.2, -0.15) is 0 Å². The molecule has 1 aromatic rings. The third kappa shape index (κ3) is 2.81. The molecule has 0 N–H and O–H groups in total. The highest BCUT2D eigenvalue weighted by molar-refractivity contribution is 6.62. The first-order chi connectivity index (χ1) is 10.3. The Morgan fingerprint density at radius 1 is 1.09 bits per heavy atom. The molecule has 0 spiro atoms. The van der Waals surface area contributed by atoms with Crippen molar-refractivity contribution in [1.29, 1.82) is 0 Å². The van der Waals surface area contributed by atoms with Crippen molar-refractivity contribution in [2.75, 3.05) is 0 Å². The number of hydrogen-bond acceptors (Lipinski definition) is 3. The average Bonchev–Trinajstić information content (AvgIpc) is 2.69. The first-order valence-electron chi connectivity index (χ1n) is 8.31. The molecule has 3 nitrogen and oxygen atoms in total. The van der Waals surface area contributed by atoms with Gasteiger partial charge in [0.2, 0.25) is 0 Å². The first-order valence-corrected chi connectivity index (χ1v) is 8.31. The van der Waals surface area contributed by atoms with Crippen molar-refractivity contribution in [3.8, 4) is 0 Å². The Morgan fingerprint density at radius 3 is 2.27 bits per heavy atom. The second-order valence-corrected chi connectivity index (χ2v) is 7.55. The van der Waals surface area contributed by atoms with Gasteiger partial charge in [-0.15, -0.1) is 0 Å². The van der Waals surface area contributed by atoms with Crippen molar-refractivity contribution in [2.45, 2.75) is 76.9 Å². The summed E-state index contributed by atoms with van der Waals surface area (Å²) in [6.07, 6.45) is 7.36. The molecule has 120 valence electrons. The summed E-state index contributed by atoms with van der Waals surface area (Å²) in [6, 6.07) is 1.85. The van der Waals surface area contributed by atoms with Crippen LogP contribution in [0.25, 0.3) is 0 Å². The van der Waals surface area contributed by atoms with Crippen LogP contribution >= 0.6 is 0 Å². The summed E-state index contributed by atoms with van der Waals surface area (Å²) >= 11 is 0. The van der Waals surface area contributed by atoms with Gasteiger partial charge in [0, 0.05) is 17.1 Å². The topological polar surface area (TPSA) is 31.4 Å². The molecule has 22 heavy (non-hydrogen) atoms. The van der Waals surface area contributed by atoms with Crippen LogP contribution in [-0.4, -0.2) is 23.3 Å². The van der Waals surface area contributed by atoms with Gasteiger partial charge in [-0.3, -0.25) is 4.98 Å². The average molecular weight is 305 g/mol. The lowest BCUT2D eigenvalue weighted by atomic mass is 9.77. The Bertz CT molecular complexity index is 540. The van der Waals surface area contributed by atoms with Gasteiger partial charge in [0.1, 0.15) is 5.82 Å². The number of rotatable bonds is 2. The molecule has 1 aromatic heterocycles. The molecule has 2 aliphatic rings. The van der Waals surface area contributed by atoms with E-state index in [-0.39, 0.29) is 5.82 Å². The standard InChI is InChI=1S/C17H25BFNO2/c1-16(2)17(3,4)22-18(21-16)13-10-15(20-11-14(13)19)12-8-6-5-7-9-12/h10-12H,5-9H2,1-4H3. The molecule has 5 heteroatoms. The predicted molar refractivity (Wildman–Crippen MR) is 85.7 cm³/mol. The summed E-state index contributed by atoms with van der Waals surface area (Å²) in [4.78, 5) is 4.32. The van der Waals surface area contributed by atoms with Gasteiger partial charge in [-0.1, -0.05) is 19.3 Å². The molecule has 0 unspecified atom stereocenters. The maximum atomic E-state index is 14.3. The summed E-state index contributed by atoms with van der Waals surface area (Å²) < 4.78 is 26.2. The van der Waals surface area contributed by atoms with E-state index >= 15 is 0 Å². The number of halogens is 1. The van der Waals surface area contributed by atoms with Gasteiger partial charge in [0.05, 0.1) is 17.4 Å². The lowest BCUT2D eigenvalue weighted by Gasteiger charge is -2.32. The summed E-state index contributed by atoms with van der Waals surface area (Å²) in [5, 5.41) is 0. The van der Waals surface area contributed by atoms with E-state index < -0.39 is 18.3 Å². The van der Waals surface area contributed by atoms with Gasteiger partial charge < -0.3 is 9.31 Å². The fraction of sp³-hybridized carbons (Fsp3) is 0.706. The lowest BCUT2D eigenvalue weighted by Crippen LogP contribution is -2.41. The minimum Gasteiger partial charge on any atom is -0.399 e. The van der Waals surface area contributed by atoms with Crippen LogP contribution in [0.4, 0.5) is 4.39 Å². The van der Waals surface area contributed by atoms with Gasteiger partial charge >= 0.3 is 7.12 Å². The van der Waals surface area contributed by atoms with E-state index in [9.17, 15) is 4.39 Å². The van der Waals surface area contributed by atoms with Crippen LogP contribution in [-0.2, 0) is 9.31 Å². The molecule has 0 amide bonds. The van der Waals surface area contributed by atoms with Gasteiger partial charge in [-0.25, -0.2) is 4.39 Å². The minimum absolute atomic E-state index is 0.349. The van der Waals surface area contributed by atoms with Crippen molar-refractivity contribution >= 4 is 12.6 Å². The van der Waals surface area contributed by atoms with Crippen LogP contribution in [0.2, 0.25) is 0 Å². The van der Waals surface area contributed by atoms with Gasteiger partial charge in [0.25, 0.3) is 0 Å². The molecule has 1 aliphatic carbocycles. The van der Waals surface area contributed by atoms with Crippen molar-refractivity contribution in [1.82, 2.24) is 4.98 Å². The highest BCUT2D eigenvalue weighted by Crippen LogP contribution is 2.37. The maximum Gasteiger partial charge on any atom is 0.497 e. The Labute approximate surface area is 132 Å². The van der Waals surface area contributed by atoms with Crippen molar-refractivity contribution in [2.24, 2.45) is 0 Å². The largest absolute Gasteiger partial charge is 0.497 e. The van der Waals surface area contributed by atoms with Crippen LogP contribution in [0, 0.1) is 5.82 Å². The highest BCUT2D eigenvalue weighted by atomic mass is 19.1. The monoisotopic (exact) mass is 305 g/mol. The number of hydrogen-bond donors (Lipinski definition) is 0. The fourth-order valence-electron chi connectivity index (χ4n) is 3.24. The van der Waals surface area contributed by atoms with E-state index in [1.165, 1.54) is 25.5 Å². The van der Waals surface area contributed by atoms with Crippen LogP contribution in [0.15, 0.2) is 12.3 Å². The second kappa shape index (κ2) is 5.61. The number of nitrogens with zero attached hydrogens (tertiary/aromatic N) is 1. The van der Waals surface area contributed by atoms with E-state index in [1.54, 1.807) is 0 Å². The second-order valence-electron chi connectivity index (χ2n) is 7.55. The molecule has 0 atom stereocenters. The maximum absolute atomic E-state index is 14.3. The normalized spacial score (nSPS) is 24.7. The molecule has 0 radical (unpaired) electrons. The van der Waals surface area contributed by atoms with E-state index in [0.29, 0.717) is 11.4 Å². The van der Waals surface area contributed by atoms with Crippen LogP contribution in [0.3, 0.4) is 0 Å². The van der Waals surface area contributed by atoms with Crippen molar-refractivity contribution in [3.05, 3.63) is 23.8 Å². The third-order valence-corrected chi connectivity index (χ3v) is 5.44. The van der Waals surface area contributed by atoms with Crippen LogP contribution in [0.1, 0.15) is 71.4 Å². The van der Waals surface area contributed by atoms with E-state index in [0.717, 1.165) is 18.5 Å². The number of aromatic nitrogens is 1. The molecule has 1 saturated heterocycles. The molecule has 2 fully saturated rings. The van der Waals surface area contributed by atoms with Gasteiger partial charge in [0.15, 0.2) is 0 Å². The highest BCUT2D eigenvalue weighted by Gasteiger charge is 2.52. The summed E-state index contributed by atoms with van der Waals surface area (Å²) in [7, 11) is -0.657. The molecule has 3 rings (SSSR count). The van der Waals surface area contributed by atoms with E-state index in [2.05, 4.69) is 4.98 Å². The quantitative estimate of drug-likeness (QED) is 0.783. The van der Waals surface area contributed by atoms with E-state index in [1.807, 2.05) is 33.8 Å². The number of pyridine rings is 1. The van der Waals surface area contributed by atoms with Crippen LogP contribution < -0.4 is 5.46 Å². The minimum atomic E-state index is -0.657. The molecule has 0 bridgehead atoms. The molecular formula is C17H25BFNO2. The zero-order chi connectivity index (χ0) is 16.0. The van der Waals surface area contributed by atoms with Crippen molar-refractivity contribution in [3.63, 3.8) is 0 Å². The smallest absolute Gasteiger partial charge is 0.399 e. The Hall–Kier alpha value is -0.935. The molecule has 0 aromatic carbocycles. The van der Waals surface area contributed by atoms with Gasteiger partial charge in [-0.05, 0) is 46.6 Å². The summed E-state index contributed by atoms with van der Waals surface area (Å²) in [6.45, 7) is 7.92. The Balaban J connectivity index is 1.88. The van der Waals surface area contributed by atoms with Crippen LogP contribution in [0.5, 0.6) is 0 Å². The molecule has 1 saturated carbocycles. The van der Waals surface area contributed by atoms with E-state index in [4.69, 9.17) is 9.31 Å². The SMILES string of the molecule is CC1(C)OB(c2cc(C3CCCCC3)ncc2F)OC1(C)C. The zero-order valence-corrected chi connectivity index (χ0v) is 14.0. The Morgan fingerprint density at radius 2 is 1.68 bits per heavy atom. The third-order valence-electron chi connectivity index (χ3n) is 5.44. The Kier molecular flexibility index (Phi) is 4.06. The van der Waals surface area contributed by atoms with Crippen molar-refractivity contribution < 1.29 is 13.7 Å². The molecular weight excluding hydrogens is 280 g/mol. The predicted octanol–water partition coefficient (Wildman–Crippen LogP) is 3.57. The first kappa shape index (κ1) is 15.9. The lowest BCUT2D eigenvalue weighted by molar-refractivity contribution is 0.00578. The zero-order valence-electron chi connectivity index (χ0n) is 14.0. The fourth-order valence-corrected chi connectivity index (χ4v) is 3.24. The summed E-state index contributed by atoms with van der Waals surface area (Å²) in [5.74, 6) is 0.0913. The molecule has 1 aliphatic heterocycles. The molecule has 2 heterocycles. The summed E-state index contributed by atoms with van der Waals surface area (Å²) in [5.41, 5.74) is 0.538.